The molecule has 0 saturated heterocycles. The van der Waals surface area contributed by atoms with Crippen molar-refractivity contribution in [3.05, 3.63) is 23.8 Å². The van der Waals surface area contributed by atoms with Gasteiger partial charge in [0.25, 0.3) is 0 Å². The molecule has 2 rings (SSSR count). The number of fused-ring (bicyclic) bond motifs is 1. The lowest BCUT2D eigenvalue weighted by Crippen LogP contribution is -2.24. The van der Waals surface area contributed by atoms with Crippen molar-refractivity contribution in [2.75, 3.05) is 11.5 Å². The molecule has 4 heteroatoms. The summed E-state index contributed by atoms with van der Waals surface area (Å²) < 4.78 is 0. The van der Waals surface area contributed by atoms with E-state index in [0.717, 1.165) is 27.7 Å². The molecule has 0 saturated carbocycles. The van der Waals surface area contributed by atoms with Gasteiger partial charge in [-0.3, -0.25) is 0 Å². The van der Waals surface area contributed by atoms with Gasteiger partial charge in [0.15, 0.2) is 5.16 Å². The van der Waals surface area contributed by atoms with Crippen molar-refractivity contribution >= 4 is 35.4 Å². The Bertz CT molecular complexity index is 536. The highest BCUT2D eigenvalue weighted by Gasteiger charge is 2.25. The van der Waals surface area contributed by atoms with E-state index in [1.54, 1.807) is 0 Å². The lowest BCUT2D eigenvalue weighted by Gasteiger charge is -2.28. The van der Waals surface area contributed by atoms with Gasteiger partial charge in [-0.2, -0.15) is 12.6 Å². The molecule has 0 aliphatic carbocycles. The molecule has 104 valence electrons. The third kappa shape index (κ3) is 3.29. The number of hydrogen-bond donors (Lipinski definition) is 2. The molecule has 0 amide bonds. The van der Waals surface area contributed by atoms with Crippen LogP contribution in [0.25, 0.3) is 11.0 Å². The first-order valence-electron chi connectivity index (χ1n) is 6.82. The summed E-state index contributed by atoms with van der Waals surface area (Å²) in [5.74, 6) is 2.01. The zero-order valence-corrected chi connectivity index (χ0v) is 13.6. The largest absolute Gasteiger partial charge is 0.333 e. The number of H-pyrrole nitrogens is 1. The van der Waals surface area contributed by atoms with Crippen LogP contribution in [0.15, 0.2) is 23.4 Å². The number of benzene rings is 1. The minimum Gasteiger partial charge on any atom is -0.333 e. The summed E-state index contributed by atoms with van der Waals surface area (Å²) in [7, 11) is 0. The zero-order chi connectivity index (χ0) is 13.9. The number of aryl methyl sites for hydroxylation is 1. The predicted molar refractivity (Wildman–Crippen MR) is 88.4 cm³/mol. The van der Waals surface area contributed by atoms with Crippen molar-refractivity contribution in [3.63, 3.8) is 0 Å². The highest BCUT2D eigenvalue weighted by atomic mass is 32.2. The fraction of sp³-hybridized carbons (Fsp3) is 0.533. The molecule has 2 aromatic rings. The van der Waals surface area contributed by atoms with Crippen LogP contribution in [0.1, 0.15) is 32.3 Å². The Morgan fingerprint density at radius 1 is 1.32 bits per heavy atom. The van der Waals surface area contributed by atoms with Crippen LogP contribution in [0.3, 0.4) is 0 Å². The maximum Gasteiger partial charge on any atom is 0.166 e. The quantitative estimate of drug-likeness (QED) is 0.597. The number of hydrogen-bond acceptors (Lipinski definition) is 3. The SMILES string of the molecule is CCC(CC)(CS)CSc1nc2ccc(C)cc2[nH]1. The van der Waals surface area contributed by atoms with Crippen molar-refractivity contribution < 1.29 is 0 Å². The normalized spacial score (nSPS) is 12.2. The van der Waals surface area contributed by atoms with Gasteiger partial charge in [0.05, 0.1) is 11.0 Å². The summed E-state index contributed by atoms with van der Waals surface area (Å²) in [4.78, 5) is 8.05. The summed E-state index contributed by atoms with van der Waals surface area (Å²) in [6.45, 7) is 6.61. The van der Waals surface area contributed by atoms with Crippen LogP contribution in [0.4, 0.5) is 0 Å². The Morgan fingerprint density at radius 3 is 2.68 bits per heavy atom. The molecule has 1 heterocycles. The molecular formula is C15H22N2S2. The molecule has 0 aliphatic heterocycles. The van der Waals surface area contributed by atoms with E-state index in [2.05, 4.69) is 61.6 Å². The van der Waals surface area contributed by atoms with Crippen LogP contribution in [0.2, 0.25) is 0 Å². The number of aromatic amines is 1. The van der Waals surface area contributed by atoms with E-state index in [9.17, 15) is 0 Å². The molecule has 19 heavy (non-hydrogen) atoms. The minimum absolute atomic E-state index is 0.322. The lowest BCUT2D eigenvalue weighted by atomic mass is 9.87. The highest BCUT2D eigenvalue weighted by molar-refractivity contribution is 7.99. The molecule has 1 aromatic carbocycles. The number of nitrogens with one attached hydrogen (secondary N) is 1. The van der Waals surface area contributed by atoms with E-state index < -0.39 is 0 Å². The molecule has 0 atom stereocenters. The van der Waals surface area contributed by atoms with E-state index in [-0.39, 0.29) is 0 Å². The van der Waals surface area contributed by atoms with Crippen molar-refractivity contribution in [2.45, 2.75) is 38.8 Å². The molecule has 2 nitrogen and oxygen atoms in total. The van der Waals surface area contributed by atoms with Gasteiger partial charge in [-0.25, -0.2) is 4.98 Å². The summed E-state index contributed by atoms with van der Waals surface area (Å²) in [5.41, 5.74) is 3.77. The molecule has 1 N–H and O–H groups in total. The molecule has 0 aliphatic rings. The van der Waals surface area contributed by atoms with Gasteiger partial charge in [0.1, 0.15) is 0 Å². The maximum absolute atomic E-state index is 4.64. The van der Waals surface area contributed by atoms with Crippen LogP contribution < -0.4 is 0 Å². The first-order valence-corrected chi connectivity index (χ1v) is 8.44. The van der Waals surface area contributed by atoms with Crippen molar-refractivity contribution in [1.29, 1.82) is 0 Å². The van der Waals surface area contributed by atoms with Crippen molar-refractivity contribution in [3.8, 4) is 0 Å². The van der Waals surface area contributed by atoms with Crippen LogP contribution in [-0.2, 0) is 0 Å². The Labute approximate surface area is 125 Å². The van der Waals surface area contributed by atoms with Gasteiger partial charge < -0.3 is 4.98 Å². The van der Waals surface area contributed by atoms with E-state index in [0.29, 0.717) is 5.41 Å². The second-order valence-electron chi connectivity index (χ2n) is 5.22. The van der Waals surface area contributed by atoms with Crippen molar-refractivity contribution in [2.24, 2.45) is 5.41 Å². The Kier molecular flexibility index (Phi) is 4.85. The number of thioether (sulfide) groups is 1. The number of aromatic nitrogens is 2. The Morgan fingerprint density at radius 2 is 2.05 bits per heavy atom. The van der Waals surface area contributed by atoms with Gasteiger partial charge in [-0.05, 0) is 48.6 Å². The van der Waals surface area contributed by atoms with Crippen LogP contribution in [-0.4, -0.2) is 21.5 Å². The Hall–Kier alpha value is -0.610. The fourth-order valence-corrected chi connectivity index (χ4v) is 4.12. The van der Waals surface area contributed by atoms with Crippen LogP contribution in [0, 0.1) is 12.3 Å². The monoisotopic (exact) mass is 294 g/mol. The fourth-order valence-electron chi connectivity index (χ4n) is 2.11. The second-order valence-corrected chi connectivity index (χ2v) is 6.50. The third-order valence-electron chi connectivity index (χ3n) is 3.97. The van der Waals surface area contributed by atoms with Gasteiger partial charge in [0, 0.05) is 5.75 Å². The molecule has 0 spiro atoms. The van der Waals surface area contributed by atoms with E-state index in [1.165, 1.54) is 18.4 Å². The summed E-state index contributed by atoms with van der Waals surface area (Å²) in [5, 5.41) is 1.02. The summed E-state index contributed by atoms with van der Waals surface area (Å²) >= 11 is 6.34. The van der Waals surface area contributed by atoms with E-state index in [1.807, 2.05) is 11.8 Å². The minimum atomic E-state index is 0.322. The summed E-state index contributed by atoms with van der Waals surface area (Å²) in [6, 6.07) is 6.34. The molecule has 0 radical (unpaired) electrons. The smallest absolute Gasteiger partial charge is 0.166 e. The standard InChI is InChI=1S/C15H22N2S2/c1-4-15(5-2,9-18)10-19-14-16-12-7-6-11(3)8-13(12)17-14/h6-8,18H,4-5,9-10H2,1-3H3,(H,16,17). The Balaban J connectivity index is 2.13. The number of rotatable bonds is 6. The van der Waals surface area contributed by atoms with Crippen LogP contribution >= 0.6 is 24.4 Å². The van der Waals surface area contributed by atoms with Gasteiger partial charge in [0.2, 0.25) is 0 Å². The first kappa shape index (κ1) is 14.8. The molecular weight excluding hydrogens is 272 g/mol. The average molecular weight is 294 g/mol. The lowest BCUT2D eigenvalue weighted by molar-refractivity contribution is 0.357. The van der Waals surface area contributed by atoms with Gasteiger partial charge in [-0.15, -0.1) is 0 Å². The van der Waals surface area contributed by atoms with Crippen molar-refractivity contribution in [1.82, 2.24) is 9.97 Å². The second kappa shape index (κ2) is 6.23. The third-order valence-corrected chi connectivity index (χ3v) is 5.86. The average Bonchev–Trinajstić information content (AvgIpc) is 2.83. The molecule has 0 bridgehead atoms. The number of thiol groups is 1. The van der Waals surface area contributed by atoms with Crippen LogP contribution in [0.5, 0.6) is 0 Å². The molecule has 0 fully saturated rings. The maximum atomic E-state index is 4.64. The number of nitrogens with zero attached hydrogens (tertiary/aromatic N) is 1. The topological polar surface area (TPSA) is 28.7 Å². The van der Waals surface area contributed by atoms with Gasteiger partial charge in [-0.1, -0.05) is 31.7 Å². The number of imidazole rings is 1. The van der Waals surface area contributed by atoms with E-state index >= 15 is 0 Å². The molecule has 1 aromatic heterocycles. The zero-order valence-electron chi connectivity index (χ0n) is 11.9. The molecule has 0 unspecified atom stereocenters. The summed E-state index contributed by atoms with van der Waals surface area (Å²) in [6.07, 6.45) is 2.33. The van der Waals surface area contributed by atoms with E-state index in [4.69, 9.17) is 0 Å². The van der Waals surface area contributed by atoms with Gasteiger partial charge >= 0.3 is 0 Å². The predicted octanol–water partition coefficient (Wildman–Crippen LogP) is 4.70. The highest BCUT2D eigenvalue weighted by Crippen LogP contribution is 2.34. The first-order chi connectivity index (χ1) is 9.12.